The fourth-order valence-corrected chi connectivity index (χ4v) is 5.36. The Labute approximate surface area is 220 Å². The minimum absolute atomic E-state index is 0.0464. The highest BCUT2D eigenvalue weighted by molar-refractivity contribution is 5.95. The van der Waals surface area contributed by atoms with Gasteiger partial charge in [0.05, 0.1) is 18.7 Å². The van der Waals surface area contributed by atoms with Crippen molar-refractivity contribution in [2.75, 3.05) is 56.2 Å². The van der Waals surface area contributed by atoms with E-state index in [1.165, 1.54) is 10.5 Å². The number of rotatable bonds is 9. The smallest absolute Gasteiger partial charge is 0.415 e. The topological polar surface area (TPSA) is 138 Å². The third-order valence-corrected chi connectivity index (χ3v) is 7.51. The summed E-state index contributed by atoms with van der Waals surface area (Å²) < 4.78 is 16.9. The average Bonchev–Trinajstić information content (AvgIpc) is 3.47. The summed E-state index contributed by atoms with van der Waals surface area (Å²) in [5, 5.41) is 19.2. The maximum Gasteiger partial charge on any atom is 0.415 e. The van der Waals surface area contributed by atoms with Crippen molar-refractivity contribution in [3.63, 3.8) is 0 Å². The van der Waals surface area contributed by atoms with Gasteiger partial charge in [-0.05, 0) is 67.6 Å². The van der Waals surface area contributed by atoms with E-state index < -0.39 is 6.09 Å². The highest BCUT2D eigenvalue weighted by atomic mass is 16.6. The normalized spacial score (nSPS) is 22.0. The number of aromatic nitrogens is 1. The zero-order valence-corrected chi connectivity index (χ0v) is 21.0. The third kappa shape index (κ3) is 4.97. The summed E-state index contributed by atoms with van der Waals surface area (Å²) in [4.78, 5) is 29.9. The van der Waals surface area contributed by atoms with Crippen molar-refractivity contribution in [3.8, 4) is 17.6 Å². The first-order chi connectivity index (χ1) is 18.6. The van der Waals surface area contributed by atoms with Gasteiger partial charge in [-0.25, -0.2) is 9.78 Å². The van der Waals surface area contributed by atoms with Gasteiger partial charge in [-0.3, -0.25) is 9.69 Å². The Balaban J connectivity index is 0.973. The van der Waals surface area contributed by atoms with E-state index in [0.717, 1.165) is 38.0 Å². The summed E-state index contributed by atoms with van der Waals surface area (Å²) in [7, 11) is 0. The highest BCUT2D eigenvalue weighted by Crippen LogP contribution is 2.34. The van der Waals surface area contributed by atoms with E-state index >= 15 is 0 Å². The van der Waals surface area contributed by atoms with Crippen molar-refractivity contribution in [1.29, 1.82) is 5.26 Å². The van der Waals surface area contributed by atoms with Crippen molar-refractivity contribution >= 4 is 23.6 Å². The fourth-order valence-electron chi connectivity index (χ4n) is 5.36. The van der Waals surface area contributed by atoms with Crippen LogP contribution < -0.4 is 30.3 Å². The molecule has 0 bridgehead atoms. The van der Waals surface area contributed by atoms with E-state index in [2.05, 4.69) is 33.1 Å². The molecule has 2 atom stereocenters. The summed E-state index contributed by atoms with van der Waals surface area (Å²) in [6.45, 7) is 4.45. The molecule has 11 heteroatoms. The molecule has 0 spiro atoms. The van der Waals surface area contributed by atoms with Crippen LogP contribution >= 0.6 is 0 Å². The third-order valence-electron chi connectivity index (χ3n) is 7.51. The summed E-state index contributed by atoms with van der Waals surface area (Å²) in [6, 6.07) is 9.80. The molecule has 2 unspecified atom stereocenters. The van der Waals surface area contributed by atoms with Crippen LogP contribution in [0.4, 0.5) is 16.4 Å². The van der Waals surface area contributed by atoms with Gasteiger partial charge >= 0.3 is 6.09 Å². The predicted molar refractivity (Wildman–Crippen MR) is 137 cm³/mol. The molecule has 4 heterocycles. The summed E-state index contributed by atoms with van der Waals surface area (Å²) in [5.74, 6) is 2.55. The molecule has 4 aliphatic rings. The molecule has 3 aliphatic heterocycles. The van der Waals surface area contributed by atoms with E-state index in [1.807, 2.05) is 6.07 Å². The van der Waals surface area contributed by atoms with E-state index in [4.69, 9.17) is 14.2 Å². The van der Waals surface area contributed by atoms with Gasteiger partial charge in [0.2, 0.25) is 0 Å². The number of carbonyl (C=O) groups excluding carboxylic acids is 2. The molecule has 2 fully saturated rings. The molecule has 6 rings (SSSR count). The number of benzene rings is 1. The van der Waals surface area contributed by atoms with Crippen LogP contribution in [0.2, 0.25) is 0 Å². The SMILES string of the molecule is N#Cc1c(OCC2CNC2)ccc2c1CC(CNCCC1CN(c3ccc4c(n3)NC(=O)CO4)C(=O)O1)C2. The van der Waals surface area contributed by atoms with Crippen LogP contribution in [0.15, 0.2) is 24.3 Å². The number of ether oxygens (including phenoxy) is 3. The van der Waals surface area contributed by atoms with Crippen LogP contribution in [0.5, 0.6) is 11.5 Å². The highest BCUT2D eigenvalue weighted by Gasteiger charge is 2.34. The van der Waals surface area contributed by atoms with Gasteiger partial charge < -0.3 is 30.2 Å². The zero-order chi connectivity index (χ0) is 26.1. The summed E-state index contributed by atoms with van der Waals surface area (Å²) in [6.07, 6.45) is 1.75. The Morgan fingerprint density at radius 2 is 2.08 bits per heavy atom. The predicted octanol–water partition coefficient (Wildman–Crippen LogP) is 1.60. The Morgan fingerprint density at radius 3 is 2.89 bits per heavy atom. The summed E-state index contributed by atoms with van der Waals surface area (Å²) >= 11 is 0. The lowest BCUT2D eigenvalue weighted by Gasteiger charge is -2.27. The molecular formula is C27H30N6O5. The van der Waals surface area contributed by atoms with Crippen molar-refractivity contribution < 1.29 is 23.8 Å². The largest absolute Gasteiger partial charge is 0.492 e. The fraction of sp³-hybridized carbons (Fsp3) is 0.481. The lowest BCUT2D eigenvalue weighted by Crippen LogP contribution is -2.45. The van der Waals surface area contributed by atoms with Gasteiger partial charge in [0.1, 0.15) is 23.7 Å². The van der Waals surface area contributed by atoms with Gasteiger partial charge in [0, 0.05) is 19.0 Å². The second-order valence-corrected chi connectivity index (χ2v) is 10.3. The summed E-state index contributed by atoms with van der Waals surface area (Å²) in [5.41, 5.74) is 3.02. The van der Waals surface area contributed by atoms with Crippen LogP contribution in [0.1, 0.15) is 23.1 Å². The molecular weight excluding hydrogens is 488 g/mol. The average molecular weight is 519 g/mol. The van der Waals surface area contributed by atoms with Crippen molar-refractivity contribution in [2.45, 2.75) is 25.4 Å². The molecule has 1 aromatic heterocycles. The Bertz CT molecular complexity index is 1290. The van der Waals surface area contributed by atoms with Gasteiger partial charge in [-0.15, -0.1) is 0 Å². The first-order valence-corrected chi connectivity index (χ1v) is 13.1. The molecule has 2 saturated heterocycles. The Morgan fingerprint density at radius 1 is 1.18 bits per heavy atom. The quantitative estimate of drug-likeness (QED) is 0.423. The number of cyclic esters (lactones) is 1. The maximum absolute atomic E-state index is 12.5. The Hall–Kier alpha value is -3.88. The number of hydrogen-bond acceptors (Lipinski definition) is 9. The Kier molecular flexibility index (Phi) is 6.74. The zero-order valence-electron chi connectivity index (χ0n) is 21.0. The number of hydrogen-bond donors (Lipinski definition) is 3. The number of anilines is 2. The number of fused-ring (bicyclic) bond motifs is 2. The molecule has 1 aliphatic carbocycles. The van der Waals surface area contributed by atoms with E-state index in [9.17, 15) is 14.9 Å². The first kappa shape index (κ1) is 24.5. The van der Waals surface area contributed by atoms with Crippen LogP contribution in [-0.4, -0.2) is 69.0 Å². The van der Waals surface area contributed by atoms with Crippen molar-refractivity contribution in [1.82, 2.24) is 15.6 Å². The van der Waals surface area contributed by atoms with Crippen molar-refractivity contribution in [2.24, 2.45) is 11.8 Å². The van der Waals surface area contributed by atoms with Gasteiger partial charge in [0.25, 0.3) is 5.91 Å². The molecule has 11 nitrogen and oxygen atoms in total. The lowest BCUT2D eigenvalue weighted by molar-refractivity contribution is -0.118. The molecule has 38 heavy (non-hydrogen) atoms. The van der Waals surface area contributed by atoms with Crippen molar-refractivity contribution in [3.05, 3.63) is 41.0 Å². The second-order valence-electron chi connectivity index (χ2n) is 10.3. The van der Waals surface area contributed by atoms with Crippen LogP contribution in [-0.2, 0) is 22.4 Å². The molecule has 3 N–H and O–H groups in total. The van der Waals surface area contributed by atoms with Gasteiger partial charge in [0.15, 0.2) is 18.2 Å². The van der Waals surface area contributed by atoms with Gasteiger partial charge in [-0.2, -0.15) is 5.26 Å². The maximum atomic E-state index is 12.5. The number of carbonyl (C=O) groups is 2. The van der Waals surface area contributed by atoms with Gasteiger partial charge in [-0.1, -0.05) is 6.07 Å². The standard InChI is InChI=1S/C27H30N6O5/c28-9-21-20-8-16(7-18(20)1-2-22(21)36-14-17-11-30-12-17)10-29-6-5-19-13-33(27(35)38-19)24-4-3-23-26(31-24)32-25(34)15-37-23/h1-4,16-17,19,29-30H,5-8,10-15H2,(H,31,32,34). The number of nitriles is 1. The lowest BCUT2D eigenvalue weighted by atomic mass is 10.0. The molecule has 1 aromatic carbocycles. The van der Waals surface area contributed by atoms with E-state index in [1.54, 1.807) is 12.1 Å². The monoisotopic (exact) mass is 518 g/mol. The molecule has 198 valence electrons. The molecule has 2 aromatic rings. The number of nitrogens with zero attached hydrogens (tertiary/aromatic N) is 3. The number of amides is 2. The molecule has 0 radical (unpaired) electrons. The minimum atomic E-state index is -0.452. The molecule has 2 amide bonds. The van der Waals surface area contributed by atoms with E-state index in [0.29, 0.717) is 66.7 Å². The molecule has 0 saturated carbocycles. The second kappa shape index (κ2) is 10.5. The van der Waals surface area contributed by atoms with E-state index in [-0.39, 0.29) is 18.6 Å². The minimum Gasteiger partial charge on any atom is -0.492 e. The van der Waals surface area contributed by atoms with Crippen LogP contribution in [0.3, 0.4) is 0 Å². The van der Waals surface area contributed by atoms with Crippen LogP contribution in [0, 0.1) is 23.2 Å². The first-order valence-electron chi connectivity index (χ1n) is 13.1. The number of nitrogens with one attached hydrogen (secondary N) is 3. The van der Waals surface area contributed by atoms with Crippen LogP contribution in [0.25, 0.3) is 0 Å². The number of pyridine rings is 1.